The summed E-state index contributed by atoms with van der Waals surface area (Å²) >= 11 is 0. The molecular weight excluding hydrogens is 305 g/mol. The second-order valence-corrected chi connectivity index (χ2v) is 6.31. The van der Waals surface area contributed by atoms with Gasteiger partial charge in [0.15, 0.2) is 0 Å². The Morgan fingerprint density at radius 3 is 3.04 bits per heavy atom. The molecule has 2 heterocycles. The molecule has 0 spiro atoms. The third-order valence-corrected chi connectivity index (χ3v) is 4.34. The van der Waals surface area contributed by atoms with Gasteiger partial charge in [-0.1, -0.05) is 12.1 Å². The van der Waals surface area contributed by atoms with Gasteiger partial charge in [0.2, 0.25) is 0 Å². The number of hydrogen-bond acceptors (Lipinski definition) is 4. The van der Waals surface area contributed by atoms with Gasteiger partial charge >= 0.3 is 0 Å². The topological polar surface area (TPSA) is 37.4 Å². The minimum Gasteiger partial charge on any atom is -0.375 e. The largest absolute Gasteiger partial charge is 0.375 e. The van der Waals surface area contributed by atoms with Crippen LogP contribution in [0.5, 0.6) is 0 Å². The van der Waals surface area contributed by atoms with Crippen molar-refractivity contribution >= 4 is 5.82 Å². The number of ether oxygens (including phenoxy) is 1. The molecule has 24 heavy (non-hydrogen) atoms. The van der Waals surface area contributed by atoms with Gasteiger partial charge in [-0.2, -0.15) is 0 Å². The lowest BCUT2D eigenvalue weighted by Gasteiger charge is -2.32. The van der Waals surface area contributed by atoms with Gasteiger partial charge in [0, 0.05) is 31.9 Å². The number of aromatic nitrogens is 1. The number of benzene rings is 1. The van der Waals surface area contributed by atoms with Crippen molar-refractivity contribution in [1.29, 1.82) is 0 Å². The standard InChI is InChI=1S/C19H24FN3O/c1-14-13-23(8-9-24-14)19-10-16(6-7-21-19)12-22-15(2)17-4-3-5-18(20)11-17/h3-7,10-11,14-15,22H,8-9,12-13H2,1-2H3/t14-,15+/m0/s1. The lowest BCUT2D eigenvalue weighted by atomic mass is 10.1. The molecule has 4 nitrogen and oxygen atoms in total. The first-order valence-electron chi connectivity index (χ1n) is 8.42. The smallest absolute Gasteiger partial charge is 0.128 e. The molecule has 128 valence electrons. The predicted octanol–water partition coefficient (Wildman–Crippen LogP) is 3.30. The SMILES string of the molecule is C[C@H]1CN(c2cc(CN[C@H](C)c3cccc(F)c3)ccn2)CCO1. The maximum Gasteiger partial charge on any atom is 0.128 e. The van der Waals surface area contributed by atoms with Crippen molar-refractivity contribution in [2.75, 3.05) is 24.6 Å². The summed E-state index contributed by atoms with van der Waals surface area (Å²) in [6.45, 7) is 7.31. The van der Waals surface area contributed by atoms with E-state index < -0.39 is 0 Å². The van der Waals surface area contributed by atoms with Crippen LogP contribution in [-0.4, -0.2) is 30.8 Å². The van der Waals surface area contributed by atoms with E-state index in [9.17, 15) is 4.39 Å². The van der Waals surface area contributed by atoms with E-state index in [0.717, 1.165) is 31.1 Å². The van der Waals surface area contributed by atoms with Crippen LogP contribution >= 0.6 is 0 Å². The van der Waals surface area contributed by atoms with Gasteiger partial charge < -0.3 is 15.0 Å². The highest BCUT2D eigenvalue weighted by Crippen LogP contribution is 2.18. The van der Waals surface area contributed by atoms with Crippen molar-refractivity contribution in [2.45, 2.75) is 32.5 Å². The summed E-state index contributed by atoms with van der Waals surface area (Å²) in [4.78, 5) is 6.74. The normalized spacial score (nSPS) is 19.3. The van der Waals surface area contributed by atoms with Crippen molar-refractivity contribution in [2.24, 2.45) is 0 Å². The van der Waals surface area contributed by atoms with Crippen molar-refractivity contribution < 1.29 is 9.13 Å². The van der Waals surface area contributed by atoms with Gasteiger partial charge in [0.25, 0.3) is 0 Å². The molecular formula is C19H24FN3O. The summed E-state index contributed by atoms with van der Waals surface area (Å²) in [5.41, 5.74) is 2.12. The van der Waals surface area contributed by atoms with Crippen molar-refractivity contribution in [3.8, 4) is 0 Å². The number of hydrogen-bond donors (Lipinski definition) is 1. The molecule has 2 atom stereocenters. The van der Waals surface area contributed by atoms with Gasteiger partial charge in [-0.3, -0.25) is 0 Å². The van der Waals surface area contributed by atoms with E-state index in [0.29, 0.717) is 6.54 Å². The third-order valence-electron chi connectivity index (χ3n) is 4.34. The molecule has 0 amide bonds. The van der Waals surface area contributed by atoms with Gasteiger partial charge in [0.05, 0.1) is 12.7 Å². The van der Waals surface area contributed by atoms with E-state index in [2.05, 4.69) is 28.2 Å². The highest BCUT2D eigenvalue weighted by atomic mass is 19.1. The fourth-order valence-corrected chi connectivity index (χ4v) is 2.93. The van der Waals surface area contributed by atoms with Gasteiger partial charge in [-0.15, -0.1) is 0 Å². The van der Waals surface area contributed by atoms with Crippen molar-refractivity contribution in [3.63, 3.8) is 0 Å². The molecule has 0 bridgehead atoms. The molecule has 0 unspecified atom stereocenters. The third kappa shape index (κ3) is 4.30. The maximum absolute atomic E-state index is 13.3. The lowest BCUT2D eigenvalue weighted by molar-refractivity contribution is 0.0529. The number of anilines is 1. The fraction of sp³-hybridized carbons (Fsp3) is 0.421. The average molecular weight is 329 g/mol. The zero-order chi connectivity index (χ0) is 16.9. The Balaban J connectivity index is 1.62. The van der Waals surface area contributed by atoms with Crippen LogP contribution in [0.2, 0.25) is 0 Å². The molecule has 2 aromatic rings. The first kappa shape index (κ1) is 16.9. The lowest BCUT2D eigenvalue weighted by Crippen LogP contribution is -2.41. The van der Waals surface area contributed by atoms with Crippen LogP contribution in [-0.2, 0) is 11.3 Å². The molecule has 0 aliphatic carbocycles. The van der Waals surface area contributed by atoms with Crippen LogP contribution in [0.4, 0.5) is 10.2 Å². The first-order valence-corrected chi connectivity index (χ1v) is 8.42. The molecule has 5 heteroatoms. The molecule has 3 rings (SSSR count). The minimum absolute atomic E-state index is 0.0840. The number of rotatable bonds is 5. The summed E-state index contributed by atoms with van der Waals surface area (Å²) in [6, 6.07) is 10.9. The number of nitrogens with one attached hydrogen (secondary N) is 1. The number of nitrogens with zero attached hydrogens (tertiary/aromatic N) is 2. The van der Waals surface area contributed by atoms with Crippen LogP contribution in [0, 0.1) is 5.82 Å². The zero-order valence-corrected chi connectivity index (χ0v) is 14.2. The summed E-state index contributed by atoms with van der Waals surface area (Å²) in [5, 5.41) is 3.44. The van der Waals surface area contributed by atoms with Gasteiger partial charge in [-0.25, -0.2) is 9.37 Å². The summed E-state index contributed by atoms with van der Waals surface area (Å²) in [5.74, 6) is 0.789. The van der Waals surface area contributed by atoms with E-state index in [1.54, 1.807) is 12.1 Å². The summed E-state index contributed by atoms with van der Waals surface area (Å²) < 4.78 is 18.9. The van der Waals surface area contributed by atoms with E-state index in [4.69, 9.17) is 4.74 Å². The Kier molecular flexibility index (Phi) is 5.43. The molecule has 0 saturated carbocycles. The van der Waals surface area contributed by atoms with Gasteiger partial charge in [0.1, 0.15) is 11.6 Å². The minimum atomic E-state index is -0.200. The fourth-order valence-electron chi connectivity index (χ4n) is 2.93. The Hall–Kier alpha value is -1.98. The number of pyridine rings is 1. The van der Waals surface area contributed by atoms with E-state index in [1.165, 1.54) is 11.6 Å². The van der Waals surface area contributed by atoms with Crippen LogP contribution < -0.4 is 10.2 Å². The quantitative estimate of drug-likeness (QED) is 0.913. The molecule has 1 aliphatic rings. The average Bonchev–Trinajstić information content (AvgIpc) is 2.60. The molecule has 1 aromatic carbocycles. The summed E-state index contributed by atoms with van der Waals surface area (Å²) in [7, 11) is 0. The van der Waals surface area contributed by atoms with Crippen molar-refractivity contribution in [3.05, 3.63) is 59.5 Å². The van der Waals surface area contributed by atoms with Crippen LogP contribution in [0.3, 0.4) is 0 Å². The van der Waals surface area contributed by atoms with Crippen LogP contribution in [0.25, 0.3) is 0 Å². The Morgan fingerprint density at radius 1 is 1.38 bits per heavy atom. The summed E-state index contributed by atoms with van der Waals surface area (Å²) in [6.07, 6.45) is 2.08. The molecule has 1 aliphatic heterocycles. The zero-order valence-electron chi connectivity index (χ0n) is 14.2. The highest BCUT2D eigenvalue weighted by Gasteiger charge is 2.18. The Labute approximate surface area is 142 Å². The number of morpholine rings is 1. The van der Waals surface area contributed by atoms with E-state index in [-0.39, 0.29) is 18.0 Å². The highest BCUT2D eigenvalue weighted by molar-refractivity contribution is 5.41. The molecule has 1 fully saturated rings. The Morgan fingerprint density at radius 2 is 2.25 bits per heavy atom. The molecule has 0 radical (unpaired) electrons. The van der Waals surface area contributed by atoms with E-state index >= 15 is 0 Å². The second kappa shape index (κ2) is 7.73. The second-order valence-electron chi connectivity index (χ2n) is 6.31. The first-order chi connectivity index (χ1) is 11.6. The van der Waals surface area contributed by atoms with Crippen molar-refractivity contribution in [1.82, 2.24) is 10.3 Å². The van der Waals surface area contributed by atoms with Crippen LogP contribution in [0.15, 0.2) is 42.6 Å². The maximum atomic E-state index is 13.3. The predicted molar refractivity (Wildman–Crippen MR) is 93.5 cm³/mol. The number of halogens is 1. The monoisotopic (exact) mass is 329 g/mol. The van der Waals surface area contributed by atoms with Gasteiger partial charge in [-0.05, 0) is 49.2 Å². The molecule has 1 aromatic heterocycles. The molecule has 1 saturated heterocycles. The molecule has 1 N–H and O–H groups in total. The Bertz CT molecular complexity index is 679. The van der Waals surface area contributed by atoms with E-state index in [1.807, 2.05) is 25.3 Å². The van der Waals surface area contributed by atoms with Crippen LogP contribution in [0.1, 0.15) is 31.0 Å².